The molecule has 1 aromatic rings. The second-order valence-electron chi connectivity index (χ2n) is 4.68. The van der Waals surface area contributed by atoms with Crippen molar-refractivity contribution in [2.45, 2.75) is 30.0 Å². The lowest BCUT2D eigenvalue weighted by Crippen LogP contribution is -2.47. The fourth-order valence-electron chi connectivity index (χ4n) is 1.88. The molecule has 88 valence electrons. The predicted molar refractivity (Wildman–Crippen MR) is 70.7 cm³/mol. The molecule has 2 nitrogen and oxygen atoms in total. The molecule has 0 radical (unpaired) electrons. The van der Waals surface area contributed by atoms with E-state index < -0.39 is 0 Å². The maximum Gasteiger partial charge on any atom is 0.0347 e. The molecule has 0 aromatic heterocycles. The maximum absolute atomic E-state index is 6.20. The Bertz CT molecular complexity index is 330. The molecule has 1 aromatic carbocycles. The van der Waals surface area contributed by atoms with E-state index in [0.717, 1.165) is 13.1 Å². The van der Waals surface area contributed by atoms with Gasteiger partial charge in [-0.1, -0.05) is 26.0 Å². The zero-order chi connectivity index (χ0) is 11.5. The van der Waals surface area contributed by atoms with Gasteiger partial charge in [0.2, 0.25) is 0 Å². The van der Waals surface area contributed by atoms with Gasteiger partial charge in [-0.15, -0.1) is 11.8 Å². The van der Waals surface area contributed by atoms with Gasteiger partial charge in [0, 0.05) is 35.2 Å². The minimum absolute atomic E-state index is 0.194. The Morgan fingerprint density at radius 3 is 2.31 bits per heavy atom. The van der Waals surface area contributed by atoms with E-state index in [1.807, 2.05) is 11.8 Å². The first kappa shape index (κ1) is 12.0. The zero-order valence-corrected chi connectivity index (χ0v) is 10.8. The smallest absolute Gasteiger partial charge is 0.0347 e. The standard InChI is InChI=1S/C13H20N2S/c1-9(2)16-12-5-3-10(4-6-12)13(14)11-7-15-8-11/h3-6,9,11,13,15H,7-8,14H2,1-2H3. The summed E-state index contributed by atoms with van der Waals surface area (Å²) in [5.41, 5.74) is 7.47. The van der Waals surface area contributed by atoms with Gasteiger partial charge in [-0.3, -0.25) is 0 Å². The van der Waals surface area contributed by atoms with Crippen LogP contribution >= 0.6 is 11.8 Å². The summed E-state index contributed by atoms with van der Waals surface area (Å²) in [6, 6.07) is 8.92. The molecule has 1 saturated heterocycles. The summed E-state index contributed by atoms with van der Waals surface area (Å²) in [5.74, 6) is 0.614. The van der Waals surface area contributed by atoms with Crippen LogP contribution in [0, 0.1) is 5.92 Å². The van der Waals surface area contributed by atoms with E-state index >= 15 is 0 Å². The molecule has 0 saturated carbocycles. The molecular formula is C13H20N2S. The van der Waals surface area contributed by atoms with Gasteiger partial charge in [0.15, 0.2) is 0 Å². The summed E-state index contributed by atoms with van der Waals surface area (Å²) in [7, 11) is 0. The number of nitrogens with two attached hydrogens (primary N) is 1. The Morgan fingerprint density at radius 1 is 1.25 bits per heavy atom. The average Bonchev–Trinajstić information content (AvgIpc) is 2.15. The molecule has 1 unspecified atom stereocenters. The van der Waals surface area contributed by atoms with E-state index in [9.17, 15) is 0 Å². The molecule has 0 spiro atoms. The van der Waals surface area contributed by atoms with Crippen LogP contribution in [0.5, 0.6) is 0 Å². The number of hydrogen-bond donors (Lipinski definition) is 2. The van der Waals surface area contributed by atoms with Crippen molar-refractivity contribution in [2.75, 3.05) is 13.1 Å². The summed E-state index contributed by atoms with van der Waals surface area (Å²) in [4.78, 5) is 1.33. The first-order valence-corrected chi connectivity index (χ1v) is 6.77. The van der Waals surface area contributed by atoms with Gasteiger partial charge in [-0.25, -0.2) is 0 Å². The molecule has 16 heavy (non-hydrogen) atoms. The van der Waals surface area contributed by atoms with Gasteiger partial charge in [-0.2, -0.15) is 0 Å². The normalized spacial score (nSPS) is 18.5. The number of rotatable bonds is 4. The third-order valence-corrected chi connectivity index (χ3v) is 3.97. The van der Waals surface area contributed by atoms with Crippen molar-refractivity contribution in [3.63, 3.8) is 0 Å². The summed E-state index contributed by atoms with van der Waals surface area (Å²) < 4.78 is 0. The van der Waals surface area contributed by atoms with Gasteiger partial charge in [0.05, 0.1) is 0 Å². The number of hydrogen-bond acceptors (Lipinski definition) is 3. The molecule has 1 aliphatic heterocycles. The van der Waals surface area contributed by atoms with Crippen molar-refractivity contribution in [1.29, 1.82) is 0 Å². The minimum atomic E-state index is 0.194. The van der Waals surface area contributed by atoms with E-state index in [1.54, 1.807) is 0 Å². The van der Waals surface area contributed by atoms with Crippen LogP contribution in [0.3, 0.4) is 0 Å². The Balaban J connectivity index is 2.00. The third-order valence-electron chi connectivity index (χ3n) is 2.96. The fraction of sp³-hybridized carbons (Fsp3) is 0.538. The van der Waals surface area contributed by atoms with E-state index in [0.29, 0.717) is 11.2 Å². The SMILES string of the molecule is CC(C)Sc1ccc(C(N)C2CNC2)cc1. The Morgan fingerprint density at radius 2 is 1.88 bits per heavy atom. The fourth-order valence-corrected chi connectivity index (χ4v) is 2.72. The average molecular weight is 236 g/mol. The molecule has 3 heteroatoms. The van der Waals surface area contributed by atoms with Crippen molar-refractivity contribution in [1.82, 2.24) is 5.32 Å². The van der Waals surface area contributed by atoms with Gasteiger partial charge in [0.1, 0.15) is 0 Å². The zero-order valence-electron chi connectivity index (χ0n) is 9.94. The molecule has 0 bridgehead atoms. The highest BCUT2D eigenvalue weighted by atomic mass is 32.2. The molecule has 1 aliphatic rings. The second-order valence-corrected chi connectivity index (χ2v) is 6.33. The lowest BCUT2D eigenvalue weighted by Gasteiger charge is -2.32. The monoisotopic (exact) mass is 236 g/mol. The highest BCUT2D eigenvalue weighted by Gasteiger charge is 2.24. The summed E-state index contributed by atoms with van der Waals surface area (Å²) in [5, 5.41) is 3.90. The van der Waals surface area contributed by atoms with Crippen molar-refractivity contribution in [3.8, 4) is 0 Å². The van der Waals surface area contributed by atoms with E-state index in [2.05, 4.69) is 43.4 Å². The van der Waals surface area contributed by atoms with Crippen molar-refractivity contribution in [2.24, 2.45) is 11.7 Å². The van der Waals surface area contributed by atoms with E-state index in [-0.39, 0.29) is 6.04 Å². The van der Waals surface area contributed by atoms with Crippen LogP contribution in [0.15, 0.2) is 29.2 Å². The van der Waals surface area contributed by atoms with Crippen LogP contribution < -0.4 is 11.1 Å². The van der Waals surface area contributed by atoms with Crippen molar-refractivity contribution in [3.05, 3.63) is 29.8 Å². The van der Waals surface area contributed by atoms with Gasteiger partial charge in [-0.05, 0) is 17.7 Å². The highest BCUT2D eigenvalue weighted by molar-refractivity contribution is 7.99. The third kappa shape index (κ3) is 2.78. The minimum Gasteiger partial charge on any atom is -0.324 e. The first-order valence-electron chi connectivity index (χ1n) is 5.89. The lowest BCUT2D eigenvalue weighted by atomic mass is 9.89. The molecule has 0 aliphatic carbocycles. The first-order chi connectivity index (χ1) is 7.66. The van der Waals surface area contributed by atoms with Crippen LogP contribution in [-0.2, 0) is 0 Å². The molecule has 1 heterocycles. The quantitative estimate of drug-likeness (QED) is 0.788. The van der Waals surface area contributed by atoms with Crippen LogP contribution in [0.4, 0.5) is 0 Å². The van der Waals surface area contributed by atoms with E-state index in [4.69, 9.17) is 5.73 Å². The van der Waals surface area contributed by atoms with Gasteiger partial charge in [0.25, 0.3) is 0 Å². The Hall–Kier alpha value is -0.510. The lowest BCUT2D eigenvalue weighted by molar-refractivity contribution is 0.295. The largest absolute Gasteiger partial charge is 0.324 e. The predicted octanol–water partition coefficient (Wildman–Crippen LogP) is 2.41. The van der Waals surface area contributed by atoms with Gasteiger partial charge >= 0.3 is 0 Å². The highest BCUT2D eigenvalue weighted by Crippen LogP contribution is 2.27. The van der Waals surface area contributed by atoms with Crippen LogP contribution in [0.2, 0.25) is 0 Å². The Kier molecular flexibility index (Phi) is 3.90. The summed E-state index contributed by atoms with van der Waals surface area (Å²) in [6.07, 6.45) is 0. The van der Waals surface area contributed by atoms with Crippen molar-refractivity contribution < 1.29 is 0 Å². The van der Waals surface area contributed by atoms with Crippen molar-refractivity contribution >= 4 is 11.8 Å². The van der Waals surface area contributed by atoms with Crippen LogP contribution in [0.1, 0.15) is 25.5 Å². The summed E-state index contributed by atoms with van der Waals surface area (Å²) >= 11 is 1.89. The molecular weight excluding hydrogens is 216 g/mol. The topological polar surface area (TPSA) is 38.0 Å². The van der Waals surface area contributed by atoms with Crippen LogP contribution in [-0.4, -0.2) is 18.3 Å². The summed E-state index contributed by atoms with van der Waals surface area (Å²) in [6.45, 7) is 6.54. The number of thioether (sulfide) groups is 1. The molecule has 1 atom stereocenters. The van der Waals surface area contributed by atoms with Gasteiger partial charge < -0.3 is 11.1 Å². The Labute approximate surface area is 102 Å². The molecule has 1 fully saturated rings. The molecule has 3 N–H and O–H groups in total. The molecule has 2 rings (SSSR count). The van der Waals surface area contributed by atoms with E-state index in [1.165, 1.54) is 10.5 Å². The number of nitrogens with one attached hydrogen (secondary N) is 1. The maximum atomic E-state index is 6.20. The molecule has 0 amide bonds. The number of benzene rings is 1. The van der Waals surface area contributed by atoms with Crippen LogP contribution in [0.25, 0.3) is 0 Å². The second kappa shape index (κ2) is 5.21.